The smallest absolute Gasteiger partial charge is 0.330 e. The Morgan fingerprint density at radius 1 is 1.28 bits per heavy atom. The van der Waals surface area contributed by atoms with Gasteiger partial charge in [0.25, 0.3) is 0 Å². The molecule has 0 heterocycles. The number of hydrogen-bond donors (Lipinski definition) is 0. The summed E-state index contributed by atoms with van der Waals surface area (Å²) in [7, 11) is 1.28. The Kier molecular flexibility index (Phi) is 3.42. The Morgan fingerprint density at radius 3 is 2.78 bits per heavy atom. The zero-order valence-corrected chi connectivity index (χ0v) is 10.2. The number of hydrogen-bond acceptors (Lipinski definition) is 2. The maximum Gasteiger partial charge on any atom is 0.330 e. The summed E-state index contributed by atoms with van der Waals surface area (Å²) in [4.78, 5) is 11.0. The van der Waals surface area contributed by atoms with E-state index in [1.165, 1.54) is 19.3 Å². The van der Waals surface area contributed by atoms with E-state index in [2.05, 4.69) is 4.74 Å². The van der Waals surface area contributed by atoms with Crippen LogP contribution in [0.15, 0.2) is 36.4 Å². The maximum atomic E-state index is 14.2. The molecular weight excluding hydrogens is 231 g/mol. The summed E-state index contributed by atoms with van der Waals surface area (Å²) in [5.41, 5.74) is 1.46. The summed E-state index contributed by atoms with van der Waals surface area (Å²) in [6.45, 7) is 1.96. The molecule has 0 aliphatic carbocycles. The third-order valence-corrected chi connectivity index (χ3v) is 2.74. The fourth-order valence-corrected chi connectivity index (χ4v) is 1.78. The van der Waals surface area contributed by atoms with Crippen LogP contribution < -0.4 is 0 Å². The molecule has 0 aromatic heterocycles. The largest absolute Gasteiger partial charge is 0.466 e. The van der Waals surface area contributed by atoms with Crippen LogP contribution >= 0.6 is 0 Å². The van der Waals surface area contributed by atoms with Crippen LogP contribution in [-0.2, 0) is 9.53 Å². The van der Waals surface area contributed by atoms with E-state index in [-0.39, 0.29) is 5.82 Å². The molecule has 18 heavy (non-hydrogen) atoms. The second kappa shape index (κ2) is 5.00. The Bertz CT molecular complexity index is 630. The van der Waals surface area contributed by atoms with Gasteiger partial charge >= 0.3 is 5.97 Å². The Labute approximate surface area is 105 Å². The lowest BCUT2D eigenvalue weighted by atomic mass is 10.0. The van der Waals surface area contributed by atoms with Gasteiger partial charge in [-0.2, -0.15) is 0 Å². The summed E-state index contributed by atoms with van der Waals surface area (Å²) < 4.78 is 18.6. The number of aryl methyl sites for hydroxylation is 1. The molecule has 2 rings (SSSR count). The number of rotatable bonds is 2. The summed E-state index contributed by atoms with van der Waals surface area (Å²) >= 11 is 0. The van der Waals surface area contributed by atoms with Crippen LogP contribution in [0.1, 0.15) is 11.1 Å². The van der Waals surface area contributed by atoms with Crippen molar-refractivity contribution in [1.29, 1.82) is 0 Å². The molecular formula is C15H13FO2. The van der Waals surface area contributed by atoms with E-state index in [1.807, 2.05) is 25.1 Å². The van der Waals surface area contributed by atoms with Crippen LogP contribution in [0.4, 0.5) is 4.39 Å². The molecule has 0 N–H and O–H groups in total. The van der Waals surface area contributed by atoms with Crippen molar-refractivity contribution < 1.29 is 13.9 Å². The van der Waals surface area contributed by atoms with Crippen molar-refractivity contribution >= 4 is 22.8 Å². The Morgan fingerprint density at radius 2 is 2.06 bits per heavy atom. The molecule has 0 amide bonds. The number of carbonyl (C=O) groups excluding carboxylic acids is 1. The van der Waals surface area contributed by atoms with Crippen molar-refractivity contribution in [3.63, 3.8) is 0 Å². The molecule has 0 aliphatic rings. The fraction of sp³-hybridized carbons (Fsp3) is 0.133. The average molecular weight is 244 g/mol. The lowest BCUT2D eigenvalue weighted by Gasteiger charge is -2.04. The van der Waals surface area contributed by atoms with E-state index in [9.17, 15) is 9.18 Å². The van der Waals surface area contributed by atoms with Crippen LogP contribution in [0, 0.1) is 12.7 Å². The van der Waals surface area contributed by atoms with Gasteiger partial charge in [0.15, 0.2) is 0 Å². The van der Waals surface area contributed by atoms with Crippen LogP contribution in [0.25, 0.3) is 16.8 Å². The minimum atomic E-state index is -0.501. The highest BCUT2D eigenvalue weighted by Crippen LogP contribution is 2.23. The molecule has 0 atom stereocenters. The molecule has 0 aliphatic heterocycles. The van der Waals surface area contributed by atoms with Crippen LogP contribution in [0.3, 0.4) is 0 Å². The van der Waals surface area contributed by atoms with Gasteiger partial charge in [0.1, 0.15) is 5.82 Å². The van der Waals surface area contributed by atoms with Crippen LogP contribution in [0.5, 0.6) is 0 Å². The molecule has 92 valence electrons. The molecule has 2 aromatic rings. The van der Waals surface area contributed by atoms with Gasteiger partial charge in [-0.15, -0.1) is 0 Å². The molecule has 3 heteroatoms. The van der Waals surface area contributed by atoms with Crippen molar-refractivity contribution in [2.75, 3.05) is 7.11 Å². The lowest BCUT2D eigenvalue weighted by Crippen LogP contribution is -1.94. The molecule has 2 aromatic carbocycles. The predicted octanol–water partition coefficient (Wildman–Crippen LogP) is 3.47. The first kappa shape index (κ1) is 12.3. The van der Waals surface area contributed by atoms with Crippen molar-refractivity contribution in [1.82, 2.24) is 0 Å². The van der Waals surface area contributed by atoms with Gasteiger partial charge in [0.2, 0.25) is 0 Å². The molecule has 0 radical (unpaired) electrons. The molecule has 2 nitrogen and oxygen atoms in total. The Hall–Kier alpha value is -2.16. The summed E-state index contributed by atoms with van der Waals surface area (Å²) in [6, 6.07) is 9.01. The molecule has 0 fully saturated rings. The Balaban J connectivity index is 2.48. The van der Waals surface area contributed by atoms with Gasteiger partial charge in [-0.3, -0.25) is 0 Å². The van der Waals surface area contributed by atoms with Crippen molar-refractivity contribution in [3.8, 4) is 0 Å². The van der Waals surface area contributed by atoms with E-state index < -0.39 is 5.97 Å². The predicted molar refractivity (Wildman–Crippen MR) is 69.7 cm³/mol. The number of methoxy groups -OCH3 is 1. The van der Waals surface area contributed by atoms with Crippen molar-refractivity contribution in [3.05, 3.63) is 53.4 Å². The topological polar surface area (TPSA) is 26.3 Å². The van der Waals surface area contributed by atoms with Gasteiger partial charge in [0, 0.05) is 17.0 Å². The molecule has 0 saturated heterocycles. The normalized spacial score (nSPS) is 11.1. The number of ether oxygens (including phenoxy) is 1. The molecule has 0 unspecified atom stereocenters. The van der Waals surface area contributed by atoms with Crippen LogP contribution in [-0.4, -0.2) is 13.1 Å². The standard InChI is InChI=1S/C15H13FO2/c1-10-3-7-13-12(9-10)5-4-11(15(13)16)6-8-14(17)18-2/h3-9H,1-2H3. The summed E-state index contributed by atoms with van der Waals surface area (Å²) in [5, 5.41) is 1.40. The maximum absolute atomic E-state index is 14.2. The highest BCUT2D eigenvalue weighted by molar-refractivity contribution is 5.90. The average Bonchev–Trinajstić information content (AvgIpc) is 2.37. The van der Waals surface area contributed by atoms with Gasteiger partial charge in [0.05, 0.1) is 7.11 Å². The van der Waals surface area contributed by atoms with E-state index in [1.54, 1.807) is 12.1 Å². The van der Waals surface area contributed by atoms with Gasteiger partial charge < -0.3 is 4.74 Å². The van der Waals surface area contributed by atoms with E-state index in [0.717, 1.165) is 10.9 Å². The number of benzene rings is 2. The lowest BCUT2D eigenvalue weighted by molar-refractivity contribution is -0.134. The number of carbonyl (C=O) groups is 1. The second-order valence-electron chi connectivity index (χ2n) is 4.05. The van der Waals surface area contributed by atoms with E-state index in [4.69, 9.17) is 0 Å². The highest BCUT2D eigenvalue weighted by atomic mass is 19.1. The number of fused-ring (bicyclic) bond motifs is 1. The highest BCUT2D eigenvalue weighted by Gasteiger charge is 2.05. The fourth-order valence-electron chi connectivity index (χ4n) is 1.78. The van der Waals surface area contributed by atoms with Gasteiger partial charge in [-0.05, 0) is 18.4 Å². The quantitative estimate of drug-likeness (QED) is 0.597. The third kappa shape index (κ3) is 2.40. The summed E-state index contributed by atoms with van der Waals surface area (Å²) in [5.74, 6) is -0.828. The van der Waals surface area contributed by atoms with E-state index in [0.29, 0.717) is 10.9 Å². The first-order valence-electron chi connectivity index (χ1n) is 5.56. The monoisotopic (exact) mass is 244 g/mol. The van der Waals surface area contributed by atoms with E-state index >= 15 is 0 Å². The first-order valence-corrected chi connectivity index (χ1v) is 5.56. The third-order valence-electron chi connectivity index (χ3n) is 2.74. The molecule has 0 saturated carbocycles. The van der Waals surface area contributed by atoms with Gasteiger partial charge in [-0.1, -0.05) is 35.9 Å². The van der Waals surface area contributed by atoms with Crippen molar-refractivity contribution in [2.45, 2.75) is 6.92 Å². The number of esters is 1. The van der Waals surface area contributed by atoms with Crippen molar-refractivity contribution in [2.24, 2.45) is 0 Å². The number of halogens is 1. The minimum absolute atomic E-state index is 0.326. The van der Waals surface area contributed by atoms with Gasteiger partial charge in [-0.25, -0.2) is 9.18 Å². The molecule has 0 spiro atoms. The zero-order valence-electron chi connectivity index (χ0n) is 10.2. The zero-order chi connectivity index (χ0) is 13.1. The minimum Gasteiger partial charge on any atom is -0.466 e. The first-order chi connectivity index (χ1) is 8.61. The summed E-state index contributed by atoms with van der Waals surface area (Å²) in [6.07, 6.45) is 2.62. The van der Waals surface area contributed by atoms with Crippen LogP contribution in [0.2, 0.25) is 0 Å². The molecule has 0 bridgehead atoms. The second-order valence-corrected chi connectivity index (χ2v) is 4.05. The SMILES string of the molecule is COC(=O)C=Cc1ccc2cc(C)ccc2c1F.